The van der Waals surface area contributed by atoms with Crippen molar-refractivity contribution >= 4 is 35.1 Å². The zero-order valence-electron chi connectivity index (χ0n) is 20.2. The number of carboxylic acid groups (broad SMARTS) is 1. The zero-order valence-corrected chi connectivity index (χ0v) is 21.7. The van der Waals surface area contributed by atoms with Gasteiger partial charge in [-0.05, 0) is 59.5 Å². The van der Waals surface area contributed by atoms with Crippen LogP contribution in [0.15, 0.2) is 72.8 Å². The third-order valence-electron chi connectivity index (χ3n) is 6.52. The van der Waals surface area contributed by atoms with E-state index in [4.69, 9.17) is 33.2 Å². The van der Waals surface area contributed by atoms with Crippen molar-refractivity contribution in [2.45, 2.75) is 50.5 Å². The van der Waals surface area contributed by atoms with Crippen molar-refractivity contribution in [2.75, 3.05) is 0 Å². The molecular formula is C29H26Cl2N2O4. The molecular weight excluding hydrogens is 511 g/mol. The van der Waals surface area contributed by atoms with Crippen LogP contribution in [0.3, 0.4) is 0 Å². The maximum absolute atomic E-state index is 14.0. The van der Waals surface area contributed by atoms with E-state index in [1.54, 1.807) is 60.7 Å². The highest BCUT2D eigenvalue weighted by molar-refractivity contribution is 6.30. The summed E-state index contributed by atoms with van der Waals surface area (Å²) in [5, 5.41) is 20.4. The highest BCUT2D eigenvalue weighted by atomic mass is 35.5. The van der Waals surface area contributed by atoms with Crippen LogP contribution in [0.25, 0.3) is 0 Å². The highest BCUT2D eigenvalue weighted by Gasteiger charge is 2.48. The molecule has 0 spiro atoms. The van der Waals surface area contributed by atoms with Gasteiger partial charge in [-0.15, -0.1) is 0 Å². The highest BCUT2D eigenvalue weighted by Crippen LogP contribution is 2.44. The van der Waals surface area contributed by atoms with Crippen LogP contribution in [-0.2, 0) is 20.7 Å². The van der Waals surface area contributed by atoms with Crippen LogP contribution < -0.4 is 0 Å². The van der Waals surface area contributed by atoms with Crippen molar-refractivity contribution in [3.8, 4) is 6.07 Å². The van der Waals surface area contributed by atoms with Crippen LogP contribution in [0.4, 0.5) is 0 Å². The number of carboxylic acids is 1. The molecule has 37 heavy (non-hydrogen) atoms. The second-order valence-corrected chi connectivity index (χ2v) is 9.87. The van der Waals surface area contributed by atoms with Gasteiger partial charge in [-0.3, -0.25) is 4.79 Å². The Morgan fingerprint density at radius 3 is 2.08 bits per heavy atom. The Hall–Kier alpha value is -3.37. The molecule has 1 saturated heterocycles. The lowest BCUT2D eigenvalue weighted by Gasteiger charge is -2.47. The van der Waals surface area contributed by atoms with Gasteiger partial charge in [-0.2, -0.15) is 5.26 Å². The first kappa shape index (κ1) is 26.7. The van der Waals surface area contributed by atoms with Crippen molar-refractivity contribution < 1.29 is 19.4 Å². The first-order valence-corrected chi connectivity index (χ1v) is 12.8. The number of hydrogen-bond donors (Lipinski definition) is 1. The van der Waals surface area contributed by atoms with Gasteiger partial charge < -0.3 is 14.7 Å². The first-order chi connectivity index (χ1) is 17.8. The Morgan fingerprint density at radius 2 is 1.57 bits per heavy atom. The topological polar surface area (TPSA) is 90.6 Å². The molecule has 1 N–H and O–H groups in total. The lowest BCUT2D eigenvalue weighted by Crippen LogP contribution is -2.57. The summed E-state index contributed by atoms with van der Waals surface area (Å²) in [6.07, 6.45) is -0.464. The monoisotopic (exact) mass is 536 g/mol. The minimum absolute atomic E-state index is 0.233. The number of morpholine rings is 1. The number of nitriles is 1. The Balaban J connectivity index is 1.83. The number of rotatable bonds is 8. The van der Waals surface area contributed by atoms with Gasteiger partial charge in [-0.25, -0.2) is 4.79 Å². The first-order valence-electron chi connectivity index (χ1n) is 12.0. The third-order valence-corrected chi connectivity index (χ3v) is 7.03. The Kier molecular flexibility index (Phi) is 8.50. The molecule has 4 rings (SSSR count). The normalized spacial score (nSPS) is 20.3. The lowest BCUT2D eigenvalue weighted by molar-refractivity contribution is -0.184. The summed E-state index contributed by atoms with van der Waals surface area (Å²) in [5.74, 6) is -1.46. The maximum Gasteiger partial charge on any atom is 0.326 e. The third kappa shape index (κ3) is 5.97. The fourth-order valence-electron chi connectivity index (χ4n) is 4.73. The number of carbonyl (C=O) groups excluding carboxylic acids is 1. The molecule has 1 aliphatic heterocycles. The maximum atomic E-state index is 14.0. The second kappa shape index (κ2) is 11.8. The lowest BCUT2D eigenvalue weighted by atomic mass is 9.88. The minimum atomic E-state index is -1.07. The molecule has 0 aromatic heterocycles. The van der Waals surface area contributed by atoms with Gasteiger partial charge in [0, 0.05) is 16.5 Å². The summed E-state index contributed by atoms with van der Waals surface area (Å²) in [5.41, 5.74) is 2.81. The number of halogens is 2. The second-order valence-electron chi connectivity index (χ2n) is 8.99. The molecule has 0 unspecified atom stereocenters. The van der Waals surface area contributed by atoms with Gasteiger partial charge in [0.25, 0.3) is 5.91 Å². The van der Waals surface area contributed by atoms with E-state index in [1.807, 2.05) is 19.1 Å². The molecule has 0 aliphatic carbocycles. The van der Waals surface area contributed by atoms with Gasteiger partial charge in [0.2, 0.25) is 0 Å². The molecule has 1 amide bonds. The molecule has 190 valence electrons. The van der Waals surface area contributed by atoms with Crippen LogP contribution in [0.1, 0.15) is 54.2 Å². The molecule has 0 bridgehead atoms. The fraction of sp³-hybridized carbons (Fsp3) is 0.276. The summed E-state index contributed by atoms with van der Waals surface area (Å²) < 4.78 is 6.50. The van der Waals surface area contributed by atoms with E-state index in [0.717, 1.165) is 16.7 Å². The molecule has 0 saturated carbocycles. The van der Waals surface area contributed by atoms with Crippen molar-refractivity contribution in [1.29, 1.82) is 5.26 Å². The molecule has 8 heteroatoms. The van der Waals surface area contributed by atoms with Crippen molar-refractivity contribution in [2.24, 2.45) is 0 Å². The smallest absolute Gasteiger partial charge is 0.326 e. The van der Waals surface area contributed by atoms with E-state index in [1.165, 1.54) is 4.90 Å². The van der Waals surface area contributed by atoms with Crippen LogP contribution in [0.2, 0.25) is 10.0 Å². The number of nitrogens with zero attached hydrogens (tertiary/aromatic N) is 2. The predicted octanol–water partition coefficient (Wildman–Crippen LogP) is 6.37. The van der Waals surface area contributed by atoms with Gasteiger partial charge in [0.05, 0.1) is 17.7 Å². The van der Waals surface area contributed by atoms with Crippen LogP contribution in [0.5, 0.6) is 0 Å². The number of hydrogen-bond acceptors (Lipinski definition) is 4. The summed E-state index contributed by atoms with van der Waals surface area (Å²) in [6.45, 7) is 1.89. The molecule has 6 nitrogen and oxygen atoms in total. The fourth-order valence-corrected chi connectivity index (χ4v) is 4.99. The average Bonchev–Trinajstić information content (AvgIpc) is 2.90. The summed E-state index contributed by atoms with van der Waals surface area (Å²) in [4.78, 5) is 28.0. The van der Waals surface area contributed by atoms with Gasteiger partial charge in [0.1, 0.15) is 18.2 Å². The van der Waals surface area contributed by atoms with Gasteiger partial charge in [-0.1, -0.05) is 72.9 Å². The molecule has 4 atom stereocenters. The van der Waals surface area contributed by atoms with E-state index in [9.17, 15) is 14.7 Å². The number of amides is 1. The predicted molar refractivity (Wildman–Crippen MR) is 141 cm³/mol. The van der Waals surface area contributed by atoms with Crippen LogP contribution in [-0.4, -0.2) is 34.0 Å². The summed E-state index contributed by atoms with van der Waals surface area (Å²) in [7, 11) is 0. The van der Waals surface area contributed by atoms with Crippen LogP contribution >= 0.6 is 23.2 Å². The number of benzene rings is 3. The molecule has 0 radical (unpaired) electrons. The molecule has 1 fully saturated rings. The van der Waals surface area contributed by atoms with Crippen molar-refractivity contribution in [3.63, 3.8) is 0 Å². The largest absolute Gasteiger partial charge is 0.480 e. The number of aliphatic carboxylic acids is 1. The SMILES string of the molecule is CCC[C@@H](C(=O)O)N1C(=O)[C@@H](Cc2ccc(C#N)cc2)O[C@H](c2ccc(Cl)cc2)[C@@H]1c1ccc(Cl)cc1. The summed E-state index contributed by atoms with van der Waals surface area (Å²) >= 11 is 12.3. The van der Waals surface area contributed by atoms with E-state index in [2.05, 4.69) is 6.07 Å². The molecule has 1 aliphatic rings. The van der Waals surface area contributed by atoms with Gasteiger partial charge >= 0.3 is 5.97 Å². The minimum Gasteiger partial charge on any atom is -0.480 e. The van der Waals surface area contributed by atoms with Crippen LogP contribution in [0, 0.1) is 11.3 Å². The zero-order chi connectivity index (χ0) is 26.5. The molecule has 3 aromatic rings. The standard InChI is InChI=1S/C29H26Cl2N2O4/c1-2-3-24(29(35)36)33-26(20-8-12-22(30)13-9-20)27(21-10-14-23(31)15-11-21)37-25(28(33)34)16-18-4-6-19(17-32)7-5-18/h4-15,24-27H,2-3,16H2,1H3,(H,35,36)/t24-,25+,26-,27+/m0/s1. The Bertz CT molecular complexity index is 1290. The Labute approximate surface area is 226 Å². The van der Waals surface area contributed by atoms with E-state index < -0.39 is 36.2 Å². The molecule has 3 aromatic carbocycles. The Morgan fingerprint density at radius 1 is 1.00 bits per heavy atom. The van der Waals surface area contributed by atoms with Crippen molar-refractivity contribution in [3.05, 3.63) is 105 Å². The van der Waals surface area contributed by atoms with Gasteiger partial charge in [0.15, 0.2) is 0 Å². The molecule has 1 heterocycles. The number of ether oxygens (including phenoxy) is 1. The van der Waals surface area contributed by atoms with Crippen molar-refractivity contribution in [1.82, 2.24) is 4.90 Å². The number of carbonyl (C=O) groups is 2. The quantitative estimate of drug-likeness (QED) is 0.361. The average molecular weight is 537 g/mol. The summed E-state index contributed by atoms with van der Waals surface area (Å²) in [6, 6.07) is 21.5. The van der Waals surface area contributed by atoms with E-state index in [0.29, 0.717) is 28.5 Å². The van der Waals surface area contributed by atoms with E-state index >= 15 is 0 Å². The van der Waals surface area contributed by atoms with E-state index in [-0.39, 0.29) is 6.42 Å².